The smallest absolute Gasteiger partial charge is 0.264 e. The van der Waals surface area contributed by atoms with Gasteiger partial charge in [-0.15, -0.1) is 0 Å². The van der Waals surface area contributed by atoms with Gasteiger partial charge >= 0.3 is 0 Å². The van der Waals surface area contributed by atoms with Crippen molar-refractivity contribution in [3.05, 3.63) is 28.3 Å². The normalized spacial score (nSPS) is 27.3. The fraction of sp³-hybridized carbons (Fsp3) is 0.636. The third-order valence-corrected chi connectivity index (χ3v) is 7.30. The molecule has 1 amide bonds. The topological polar surface area (TPSA) is 73.6 Å². The van der Waals surface area contributed by atoms with Gasteiger partial charge in [0.15, 0.2) is 0 Å². The Morgan fingerprint density at radius 1 is 1.37 bits per heavy atom. The van der Waals surface area contributed by atoms with Crippen molar-refractivity contribution in [3.63, 3.8) is 0 Å². The predicted octanol–water partition coefficient (Wildman–Crippen LogP) is 4.04. The van der Waals surface area contributed by atoms with Crippen LogP contribution in [0.25, 0.3) is 0 Å². The van der Waals surface area contributed by atoms with Gasteiger partial charge in [0, 0.05) is 18.2 Å². The van der Waals surface area contributed by atoms with Gasteiger partial charge in [0.05, 0.1) is 30.2 Å². The molecular weight excluding hydrogens is 414 g/mol. The molecule has 8 heteroatoms. The van der Waals surface area contributed by atoms with Crippen LogP contribution in [-0.2, 0) is 11.2 Å². The Kier molecular flexibility index (Phi) is 7.20. The van der Waals surface area contributed by atoms with E-state index in [0.717, 1.165) is 12.8 Å². The molecule has 5 nitrogen and oxygen atoms in total. The third kappa shape index (κ3) is 4.26. The first kappa shape index (κ1) is 22.8. The van der Waals surface area contributed by atoms with Crippen molar-refractivity contribution in [1.29, 1.82) is 5.26 Å². The second-order valence-corrected chi connectivity index (χ2v) is 8.64. The Morgan fingerprint density at radius 2 is 2.10 bits per heavy atom. The zero-order valence-electron chi connectivity index (χ0n) is 17.2. The summed E-state index contributed by atoms with van der Waals surface area (Å²) >= 11 is 6.36. The van der Waals surface area contributed by atoms with E-state index in [9.17, 15) is 23.9 Å². The number of carbonyl (C=O) groups is 1. The Morgan fingerprint density at radius 3 is 2.73 bits per heavy atom. The Balaban J connectivity index is 1.78. The fourth-order valence-electron chi connectivity index (χ4n) is 5.34. The van der Waals surface area contributed by atoms with Crippen LogP contribution >= 0.6 is 11.6 Å². The maximum Gasteiger partial charge on any atom is 0.264 e. The highest BCUT2D eigenvalue weighted by Gasteiger charge is 2.46. The first-order valence-corrected chi connectivity index (χ1v) is 10.7. The van der Waals surface area contributed by atoms with E-state index in [1.54, 1.807) is 17.0 Å². The van der Waals surface area contributed by atoms with E-state index in [2.05, 4.69) is 6.07 Å². The maximum absolute atomic E-state index is 13.1. The largest absolute Gasteiger partial charge is 0.495 e. The van der Waals surface area contributed by atoms with E-state index in [1.165, 1.54) is 7.11 Å². The number of nitriles is 1. The summed E-state index contributed by atoms with van der Waals surface area (Å²) in [7, 11) is 1.47. The van der Waals surface area contributed by atoms with E-state index < -0.39 is 18.4 Å². The van der Waals surface area contributed by atoms with Crippen LogP contribution in [0.15, 0.2) is 12.1 Å². The lowest BCUT2D eigenvalue weighted by Gasteiger charge is -2.50. The van der Waals surface area contributed by atoms with Crippen molar-refractivity contribution < 1.29 is 23.4 Å². The zero-order chi connectivity index (χ0) is 22.0. The molecule has 1 aromatic carbocycles. The van der Waals surface area contributed by atoms with E-state index in [0.29, 0.717) is 36.3 Å². The van der Waals surface area contributed by atoms with Gasteiger partial charge in [0.1, 0.15) is 11.9 Å². The van der Waals surface area contributed by atoms with Gasteiger partial charge in [0.2, 0.25) is 5.91 Å². The number of benzene rings is 1. The molecule has 1 heterocycles. The number of alkyl halides is 2. The number of ether oxygens (including phenoxy) is 1. The minimum Gasteiger partial charge on any atom is -0.495 e. The summed E-state index contributed by atoms with van der Waals surface area (Å²) in [4.78, 5) is 14.9. The van der Waals surface area contributed by atoms with Crippen molar-refractivity contribution in [2.24, 2.45) is 17.8 Å². The van der Waals surface area contributed by atoms with Crippen LogP contribution in [0.5, 0.6) is 5.75 Å². The van der Waals surface area contributed by atoms with Crippen LogP contribution in [0.2, 0.25) is 5.02 Å². The minimum absolute atomic E-state index is 0.0168. The molecule has 0 radical (unpaired) electrons. The van der Waals surface area contributed by atoms with Gasteiger partial charge < -0.3 is 14.7 Å². The molecule has 1 N–H and O–H groups in total. The summed E-state index contributed by atoms with van der Waals surface area (Å²) in [5.74, 6) is -0.116. The second kappa shape index (κ2) is 9.49. The number of nitrogens with zero attached hydrogens (tertiary/aromatic N) is 2. The first-order chi connectivity index (χ1) is 14.3. The molecule has 1 unspecified atom stereocenters. The highest BCUT2D eigenvalue weighted by molar-refractivity contribution is 6.33. The molecule has 30 heavy (non-hydrogen) atoms. The summed E-state index contributed by atoms with van der Waals surface area (Å²) in [5, 5.41) is 19.7. The molecule has 1 aliphatic heterocycles. The number of aliphatic hydroxyl groups is 1. The molecule has 3 rings (SSSR count). The molecule has 1 aromatic rings. The van der Waals surface area contributed by atoms with Crippen molar-refractivity contribution in [1.82, 2.24) is 4.90 Å². The predicted molar refractivity (Wildman–Crippen MR) is 109 cm³/mol. The van der Waals surface area contributed by atoms with Crippen LogP contribution in [0.3, 0.4) is 0 Å². The average molecular weight is 441 g/mol. The summed E-state index contributed by atoms with van der Waals surface area (Å²) in [6.07, 6.45) is -1.58. The number of piperidine rings is 1. The SMILES string of the molecule is COc1ccc(C#N)c(CC(=O)N2CC[C@@H]3[C@H](CCC[C@H]3C(O)C(F)F)[C@@H]2C)c1Cl. The monoisotopic (exact) mass is 440 g/mol. The molecular formula is C22H27ClF2N2O3. The Bertz CT molecular complexity index is 829. The molecule has 2 aliphatic rings. The molecule has 0 spiro atoms. The quantitative estimate of drug-likeness (QED) is 0.749. The highest BCUT2D eigenvalue weighted by atomic mass is 35.5. The fourth-order valence-corrected chi connectivity index (χ4v) is 5.64. The lowest BCUT2D eigenvalue weighted by molar-refractivity contribution is -0.141. The maximum atomic E-state index is 13.1. The van der Waals surface area contributed by atoms with Crippen LogP contribution in [-0.4, -0.2) is 48.1 Å². The molecule has 1 saturated heterocycles. The van der Waals surface area contributed by atoms with Crippen LogP contribution in [0.1, 0.15) is 43.7 Å². The number of hydrogen-bond acceptors (Lipinski definition) is 4. The molecule has 164 valence electrons. The lowest BCUT2D eigenvalue weighted by Crippen LogP contribution is -2.55. The molecule has 1 aliphatic carbocycles. The standard InChI is InChI=1S/C22H27ClF2N2O3/c1-12-14-4-3-5-16(21(29)22(24)25)15(14)8-9-27(12)19(28)10-17-13(11-26)6-7-18(30-2)20(17)23/h6-7,12,14-16,21-22,29H,3-5,8-10H2,1-2H3/t12-,14+,15+,16+,21?/m0/s1. The number of methoxy groups -OCH3 is 1. The number of carbonyl (C=O) groups excluding carboxylic acids is 1. The summed E-state index contributed by atoms with van der Waals surface area (Å²) < 4.78 is 31.5. The van der Waals surface area contributed by atoms with E-state index >= 15 is 0 Å². The van der Waals surface area contributed by atoms with Crippen molar-refractivity contribution in [2.75, 3.05) is 13.7 Å². The van der Waals surface area contributed by atoms with Gasteiger partial charge in [-0.3, -0.25) is 4.79 Å². The van der Waals surface area contributed by atoms with Crippen LogP contribution in [0.4, 0.5) is 8.78 Å². The summed E-state index contributed by atoms with van der Waals surface area (Å²) in [5.41, 5.74) is 0.766. The molecule has 5 atom stereocenters. The highest BCUT2D eigenvalue weighted by Crippen LogP contribution is 2.45. The van der Waals surface area contributed by atoms with E-state index in [4.69, 9.17) is 16.3 Å². The second-order valence-electron chi connectivity index (χ2n) is 8.26. The molecule has 1 saturated carbocycles. The average Bonchev–Trinajstić information content (AvgIpc) is 2.74. The van der Waals surface area contributed by atoms with Gasteiger partial charge in [-0.25, -0.2) is 8.78 Å². The van der Waals surface area contributed by atoms with E-state index in [-0.39, 0.29) is 35.2 Å². The molecule has 0 bridgehead atoms. The third-order valence-electron chi connectivity index (χ3n) is 6.88. The Labute approximate surface area is 180 Å². The van der Waals surface area contributed by atoms with Crippen molar-refractivity contribution >= 4 is 17.5 Å². The van der Waals surface area contributed by atoms with Gasteiger partial charge in [0.25, 0.3) is 6.43 Å². The van der Waals surface area contributed by atoms with Gasteiger partial charge in [-0.2, -0.15) is 5.26 Å². The number of amides is 1. The number of aliphatic hydroxyl groups excluding tert-OH is 1. The van der Waals surface area contributed by atoms with Gasteiger partial charge in [-0.05, 0) is 56.1 Å². The Hall–Kier alpha value is -1.91. The molecule has 0 aromatic heterocycles. The van der Waals surface area contributed by atoms with Crippen LogP contribution in [0, 0.1) is 29.1 Å². The van der Waals surface area contributed by atoms with E-state index in [1.807, 2.05) is 6.92 Å². The first-order valence-electron chi connectivity index (χ1n) is 10.3. The zero-order valence-corrected chi connectivity index (χ0v) is 17.9. The minimum atomic E-state index is -2.75. The van der Waals surface area contributed by atoms with Gasteiger partial charge in [-0.1, -0.05) is 18.0 Å². The number of rotatable bonds is 5. The lowest BCUT2D eigenvalue weighted by atomic mass is 9.64. The number of hydrogen-bond donors (Lipinski definition) is 1. The van der Waals surface area contributed by atoms with Crippen molar-refractivity contribution in [2.45, 2.75) is 57.6 Å². The van der Waals surface area contributed by atoms with Crippen LogP contribution < -0.4 is 4.74 Å². The number of fused-ring (bicyclic) bond motifs is 1. The summed E-state index contributed by atoms with van der Waals surface area (Å²) in [6, 6.07) is 5.13. The molecule has 2 fully saturated rings. The van der Waals surface area contributed by atoms with Crippen molar-refractivity contribution in [3.8, 4) is 11.8 Å². The number of likely N-dealkylation sites (tertiary alicyclic amines) is 1. The summed E-state index contributed by atoms with van der Waals surface area (Å²) in [6.45, 7) is 2.39. The number of halogens is 3.